The summed E-state index contributed by atoms with van der Waals surface area (Å²) in [5.74, 6) is -1.45. The summed E-state index contributed by atoms with van der Waals surface area (Å²) >= 11 is 0. The van der Waals surface area contributed by atoms with Crippen LogP contribution in [0.3, 0.4) is 0 Å². The maximum Gasteiger partial charge on any atom is 0.234 e. The molecule has 0 bridgehead atoms. The molecule has 2 unspecified atom stereocenters. The van der Waals surface area contributed by atoms with Crippen LogP contribution in [0.5, 0.6) is 0 Å². The van der Waals surface area contributed by atoms with Crippen LogP contribution < -0.4 is 5.32 Å². The number of carbonyl (C=O) groups is 1. The number of nitrogens with one attached hydrogen (secondary N) is 1. The molecule has 1 rings (SSSR count). The van der Waals surface area contributed by atoms with Crippen molar-refractivity contribution in [1.82, 2.24) is 10.2 Å². The number of aliphatic hydroxyl groups is 1. The van der Waals surface area contributed by atoms with Crippen molar-refractivity contribution in [3.63, 3.8) is 0 Å². The Hall–Kier alpha value is -1.53. The van der Waals surface area contributed by atoms with Crippen LogP contribution in [0, 0.1) is 11.6 Å². The fourth-order valence-electron chi connectivity index (χ4n) is 2.39. The monoisotopic (exact) mass is 328 g/mol. The Labute approximate surface area is 136 Å². The first kappa shape index (κ1) is 19.5. The van der Waals surface area contributed by atoms with E-state index in [1.54, 1.807) is 13.8 Å². The van der Waals surface area contributed by atoms with E-state index in [9.17, 15) is 18.7 Å². The first-order valence-corrected chi connectivity index (χ1v) is 7.85. The molecule has 0 aromatic heterocycles. The number of rotatable bonds is 8. The molecule has 4 nitrogen and oxygen atoms in total. The van der Waals surface area contributed by atoms with Crippen LogP contribution in [-0.2, 0) is 11.2 Å². The van der Waals surface area contributed by atoms with Crippen molar-refractivity contribution in [1.29, 1.82) is 0 Å². The number of nitrogens with zero attached hydrogens (tertiary/aromatic N) is 1. The molecular formula is C17H26F2N2O2. The number of halogens is 2. The van der Waals surface area contributed by atoms with Gasteiger partial charge in [-0.15, -0.1) is 0 Å². The first-order valence-electron chi connectivity index (χ1n) is 7.85. The third kappa shape index (κ3) is 6.62. The van der Waals surface area contributed by atoms with Gasteiger partial charge in [-0.1, -0.05) is 6.07 Å². The van der Waals surface area contributed by atoms with Crippen LogP contribution in [0.2, 0.25) is 0 Å². The Bertz CT molecular complexity index is 501. The summed E-state index contributed by atoms with van der Waals surface area (Å²) in [5, 5.41) is 12.2. The van der Waals surface area contributed by atoms with Crippen LogP contribution in [-0.4, -0.2) is 47.2 Å². The number of hydrogen-bond acceptors (Lipinski definition) is 3. The summed E-state index contributed by atoms with van der Waals surface area (Å²) in [5.41, 5.74) is -0.0232. The van der Waals surface area contributed by atoms with Gasteiger partial charge in [0.15, 0.2) is 0 Å². The van der Waals surface area contributed by atoms with Crippen LogP contribution in [0.15, 0.2) is 18.2 Å². The molecule has 130 valence electrons. The number of amides is 1. The van der Waals surface area contributed by atoms with E-state index < -0.39 is 23.8 Å². The van der Waals surface area contributed by atoms with Gasteiger partial charge >= 0.3 is 0 Å². The molecule has 2 N–H and O–H groups in total. The highest BCUT2D eigenvalue weighted by atomic mass is 19.1. The van der Waals surface area contributed by atoms with Crippen molar-refractivity contribution in [2.45, 2.75) is 52.3 Å². The quantitative estimate of drug-likeness (QED) is 0.768. The van der Waals surface area contributed by atoms with Crippen molar-refractivity contribution in [3.8, 4) is 0 Å². The summed E-state index contributed by atoms with van der Waals surface area (Å²) in [6, 6.07) is 3.43. The molecule has 0 saturated carbocycles. The fraction of sp³-hybridized carbons (Fsp3) is 0.588. The van der Waals surface area contributed by atoms with Gasteiger partial charge in [-0.25, -0.2) is 8.78 Å². The van der Waals surface area contributed by atoms with Crippen molar-refractivity contribution in [3.05, 3.63) is 35.4 Å². The van der Waals surface area contributed by atoms with Gasteiger partial charge in [0.2, 0.25) is 5.91 Å². The Kier molecular flexibility index (Phi) is 7.58. The number of carbonyl (C=O) groups excluding carboxylic acids is 1. The molecule has 2 atom stereocenters. The maximum absolute atomic E-state index is 13.6. The topological polar surface area (TPSA) is 52.6 Å². The second-order valence-corrected chi connectivity index (χ2v) is 6.25. The van der Waals surface area contributed by atoms with Gasteiger partial charge in [-0.2, -0.15) is 0 Å². The molecule has 0 aliphatic carbocycles. The summed E-state index contributed by atoms with van der Waals surface area (Å²) in [7, 11) is 0. The van der Waals surface area contributed by atoms with E-state index in [1.807, 2.05) is 18.7 Å². The van der Waals surface area contributed by atoms with E-state index >= 15 is 0 Å². The summed E-state index contributed by atoms with van der Waals surface area (Å²) in [4.78, 5) is 13.9. The molecule has 0 fully saturated rings. The highest BCUT2D eigenvalue weighted by Gasteiger charge is 2.18. The van der Waals surface area contributed by atoms with Crippen molar-refractivity contribution in [2.75, 3.05) is 13.1 Å². The van der Waals surface area contributed by atoms with E-state index in [0.717, 1.165) is 0 Å². The average Bonchev–Trinajstić information content (AvgIpc) is 2.41. The van der Waals surface area contributed by atoms with Gasteiger partial charge in [0.1, 0.15) is 11.6 Å². The van der Waals surface area contributed by atoms with E-state index in [2.05, 4.69) is 5.32 Å². The molecule has 0 radical (unpaired) electrons. The highest BCUT2D eigenvalue weighted by molar-refractivity contribution is 5.78. The maximum atomic E-state index is 13.6. The Morgan fingerprint density at radius 3 is 2.26 bits per heavy atom. The van der Waals surface area contributed by atoms with Gasteiger partial charge in [-0.3, -0.25) is 9.69 Å². The van der Waals surface area contributed by atoms with Crippen LogP contribution in [0.4, 0.5) is 8.78 Å². The van der Waals surface area contributed by atoms with E-state index in [0.29, 0.717) is 6.54 Å². The van der Waals surface area contributed by atoms with Crippen molar-refractivity contribution >= 4 is 5.91 Å². The second-order valence-electron chi connectivity index (χ2n) is 6.25. The summed E-state index contributed by atoms with van der Waals surface area (Å²) < 4.78 is 27.2. The molecule has 1 aromatic rings. The lowest BCUT2D eigenvalue weighted by Crippen LogP contribution is -2.46. The average molecular weight is 328 g/mol. The molecule has 0 saturated heterocycles. The smallest absolute Gasteiger partial charge is 0.234 e. The van der Waals surface area contributed by atoms with Crippen LogP contribution in [0.1, 0.15) is 33.3 Å². The normalized spacial score (nSPS) is 14.1. The minimum Gasteiger partial charge on any atom is -0.392 e. The van der Waals surface area contributed by atoms with Gasteiger partial charge in [0.05, 0.1) is 12.6 Å². The first-order chi connectivity index (χ1) is 10.7. The van der Waals surface area contributed by atoms with Crippen LogP contribution in [0.25, 0.3) is 0 Å². The molecule has 0 aliphatic rings. The molecule has 1 aromatic carbocycles. The van der Waals surface area contributed by atoms with Gasteiger partial charge in [0.25, 0.3) is 0 Å². The van der Waals surface area contributed by atoms with Gasteiger partial charge < -0.3 is 10.4 Å². The number of aliphatic hydroxyl groups excluding tert-OH is 1. The third-order valence-corrected chi connectivity index (χ3v) is 3.56. The SMILES string of the molecule is CC(O)CN(CC(=O)NC(C)Cc1c(F)cccc1F)C(C)C. The Morgan fingerprint density at radius 1 is 1.22 bits per heavy atom. The number of hydrogen-bond donors (Lipinski definition) is 2. The molecule has 23 heavy (non-hydrogen) atoms. The lowest BCUT2D eigenvalue weighted by molar-refractivity contribution is -0.123. The Morgan fingerprint density at radius 2 is 1.78 bits per heavy atom. The van der Waals surface area contributed by atoms with Crippen LogP contribution >= 0.6 is 0 Å². The second kappa shape index (κ2) is 8.93. The standard InChI is InChI=1S/C17H26F2N2O2/c1-11(2)21(9-13(4)22)10-17(23)20-12(3)8-14-15(18)6-5-7-16(14)19/h5-7,11-13,22H,8-10H2,1-4H3,(H,20,23). The van der Waals surface area contributed by atoms with Crippen molar-refractivity contribution in [2.24, 2.45) is 0 Å². The van der Waals surface area contributed by atoms with Crippen molar-refractivity contribution < 1.29 is 18.7 Å². The lowest BCUT2D eigenvalue weighted by atomic mass is 10.1. The largest absolute Gasteiger partial charge is 0.392 e. The molecule has 0 aliphatic heterocycles. The van der Waals surface area contributed by atoms with Gasteiger partial charge in [0, 0.05) is 24.2 Å². The molecule has 1 amide bonds. The minimum absolute atomic E-state index is 0.0232. The fourth-order valence-corrected chi connectivity index (χ4v) is 2.39. The third-order valence-electron chi connectivity index (χ3n) is 3.56. The zero-order valence-corrected chi connectivity index (χ0v) is 14.1. The van der Waals surface area contributed by atoms with E-state index in [-0.39, 0.29) is 30.5 Å². The lowest BCUT2D eigenvalue weighted by Gasteiger charge is -2.27. The number of benzene rings is 1. The van der Waals surface area contributed by atoms with Gasteiger partial charge in [-0.05, 0) is 46.2 Å². The molecule has 0 heterocycles. The molecular weight excluding hydrogens is 302 g/mol. The van der Waals surface area contributed by atoms with E-state index in [1.165, 1.54) is 18.2 Å². The summed E-state index contributed by atoms with van der Waals surface area (Å²) in [6.45, 7) is 7.77. The predicted octanol–water partition coefficient (Wildman–Crippen LogP) is 2.10. The summed E-state index contributed by atoms with van der Waals surface area (Å²) in [6.07, 6.45) is -0.447. The highest BCUT2D eigenvalue weighted by Crippen LogP contribution is 2.14. The zero-order chi connectivity index (χ0) is 17.6. The molecule has 0 spiro atoms. The predicted molar refractivity (Wildman–Crippen MR) is 86.1 cm³/mol. The Balaban J connectivity index is 2.59. The minimum atomic E-state index is -0.607. The zero-order valence-electron chi connectivity index (χ0n) is 14.1. The van der Waals surface area contributed by atoms with E-state index in [4.69, 9.17) is 0 Å². The molecule has 6 heteroatoms.